The Labute approximate surface area is 302 Å². The van der Waals surface area contributed by atoms with E-state index in [2.05, 4.69) is 19.9 Å². The molecule has 0 fully saturated rings. The van der Waals surface area contributed by atoms with Crippen LogP contribution in [0.5, 0.6) is 5.75 Å². The third-order valence-corrected chi connectivity index (χ3v) is 8.03. The van der Waals surface area contributed by atoms with Crippen LogP contribution in [0.15, 0.2) is 68.7 Å². The van der Waals surface area contributed by atoms with Crippen LogP contribution in [-0.2, 0) is 23.9 Å². The molecule has 8 nitrogen and oxygen atoms in total. The Kier molecular flexibility index (Phi) is 17.6. The van der Waals surface area contributed by atoms with Crippen molar-refractivity contribution >= 4 is 58.3 Å². The smallest absolute Gasteiger partial charge is 0.857 e. The number of alkyl halides is 6. The molecule has 46 heavy (non-hydrogen) atoms. The molecule has 4 aromatic rings. The SMILES string of the molecule is COc1cncc(Cl)c1CSc1cc(=O)cc(C(F)(F)F)[nH]1.C[O-].O=c1cc(SCc2c(Cl)cncc2Cl)[nH]c(C(F)(F)F)c1.[Na+]. The Hall–Kier alpha value is -1.89. The number of hydrogen-bond acceptors (Lipinski definition) is 8. The maximum absolute atomic E-state index is 12.7. The molecule has 244 valence electrons. The van der Waals surface area contributed by atoms with Crippen molar-refractivity contribution in [2.24, 2.45) is 0 Å². The fourth-order valence-electron chi connectivity index (χ4n) is 3.13. The number of rotatable bonds is 7. The van der Waals surface area contributed by atoms with E-state index >= 15 is 0 Å². The predicted molar refractivity (Wildman–Crippen MR) is 159 cm³/mol. The molecule has 2 N–H and O–H groups in total. The summed E-state index contributed by atoms with van der Waals surface area (Å²) in [4.78, 5) is 34.7. The third-order valence-electron chi connectivity index (χ3n) is 5.13. The van der Waals surface area contributed by atoms with Crippen LogP contribution in [0.2, 0.25) is 15.1 Å². The van der Waals surface area contributed by atoms with Crippen LogP contribution in [-0.4, -0.2) is 34.2 Å². The summed E-state index contributed by atoms with van der Waals surface area (Å²) in [6.07, 6.45) is -3.58. The van der Waals surface area contributed by atoms with Gasteiger partial charge < -0.3 is 19.8 Å². The summed E-state index contributed by atoms with van der Waals surface area (Å²) < 4.78 is 80.9. The van der Waals surface area contributed by atoms with Gasteiger partial charge in [0.15, 0.2) is 10.9 Å². The molecule has 0 aliphatic rings. The first-order valence-electron chi connectivity index (χ1n) is 11.8. The number of ether oxygens (including phenoxy) is 1. The normalized spacial score (nSPS) is 11.0. The number of thioether (sulfide) groups is 2. The quantitative estimate of drug-likeness (QED) is 0.164. The van der Waals surface area contributed by atoms with Gasteiger partial charge in [-0.15, -0.1) is 23.5 Å². The second-order valence-electron chi connectivity index (χ2n) is 8.14. The van der Waals surface area contributed by atoms with Gasteiger partial charge in [0, 0.05) is 65.5 Å². The third kappa shape index (κ3) is 13.0. The molecule has 0 saturated carbocycles. The Balaban J connectivity index is 0.000000428. The summed E-state index contributed by atoms with van der Waals surface area (Å²) in [5.41, 5.74) is -2.50. The van der Waals surface area contributed by atoms with E-state index in [1.165, 1.54) is 31.9 Å². The summed E-state index contributed by atoms with van der Waals surface area (Å²) >= 11 is 19.8. The molecule has 0 aromatic carbocycles. The fraction of sp³-hybridized carbons (Fsp3) is 0.231. The second-order valence-corrected chi connectivity index (χ2v) is 11.4. The Morgan fingerprint density at radius 3 is 1.48 bits per heavy atom. The number of pyridine rings is 4. The minimum atomic E-state index is -4.61. The van der Waals surface area contributed by atoms with Gasteiger partial charge in [0.25, 0.3) is 0 Å². The van der Waals surface area contributed by atoms with Crippen LogP contribution in [0, 0.1) is 0 Å². The largest absolute Gasteiger partial charge is 1.00 e. The van der Waals surface area contributed by atoms with Gasteiger partial charge in [0.2, 0.25) is 0 Å². The van der Waals surface area contributed by atoms with Crippen molar-refractivity contribution in [3.63, 3.8) is 0 Å². The average Bonchev–Trinajstić information content (AvgIpc) is 2.96. The van der Waals surface area contributed by atoms with E-state index in [0.717, 1.165) is 42.8 Å². The Morgan fingerprint density at radius 2 is 1.09 bits per heavy atom. The molecule has 0 radical (unpaired) electrons. The van der Waals surface area contributed by atoms with Crippen molar-refractivity contribution < 1.29 is 65.7 Å². The zero-order valence-electron chi connectivity index (χ0n) is 23.8. The van der Waals surface area contributed by atoms with Gasteiger partial charge in [0.05, 0.1) is 38.4 Å². The molecule has 0 aliphatic carbocycles. The number of nitrogens with one attached hydrogen (secondary N) is 2. The molecule has 0 saturated heterocycles. The van der Waals surface area contributed by atoms with E-state index in [0.29, 0.717) is 44.1 Å². The van der Waals surface area contributed by atoms with E-state index in [-0.39, 0.29) is 51.1 Å². The van der Waals surface area contributed by atoms with Crippen LogP contribution in [0.3, 0.4) is 0 Å². The number of hydrogen-bond donors (Lipinski definition) is 2. The van der Waals surface area contributed by atoms with Crippen molar-refractivity contribution in [3.8, 4) is 5.75 Å². The average molecular weight is 760 g/mol. The second kappa shape index (κ2) is 19.2. The van der Waals surface area contributed by atoms with Crippen LogP contribution in [0.4, 0.5) is 26.3 Å². The first kappa shape index (κ1) is 42.1. The van der Waals surface area contributed by atoms with Gasteiger partial charge in [-0.3, -0.25) is 19.6 Å². The van der Waals surface area contributed by atoms with E-state index in [9.17, 15) is 35.9 Å². The molecule has 0 aliphatic heterocycles. The van der Waals surface area contributed by atoms with E-state index < -0.39 is 34.6 Å². The summed E-state index contributed by atoms with van der Waals surface area (Å²) in [6.45, 7) is 0. The van der Waals surface area contributed by atoms with Gasteiger partial charge >= 0.3 is 41.9 Å². The van der Waals surface area contributed by atoms with Crippen molar-refractivity contribution in [2.45, 2.75) is 33.9 Å². The van der Waals surface area contributed by atoms with E-state index in [1.807, 2.05) is 0 Å². The minimum Gasteiger partial charge on any atom is -0.857 e. The van der Waals surface area contributed by atoms with Gasteiger partial charge in [-0.05, 0) is 0 Å². The number of methoxy groups -OCH3 is 1. The van der Waals surface area contributed by atoms with Crippen LogP contribution >= 0.6 is 58.3 Å². The molecule has 0 unspecified atom stereocenters. The van der Waals surface area contributed by atoms with E-state index in [4.69, 9.17) is 44.6 Å². The number of halogens is 9. The van der Waals surface area contributed by atoms with Gasteiger partial charge in [-0.1, -0.05) is 34.8 Å². The van der Waals surface area contributed by atoms with Crippen molar-refractivity contribution in [1.29, 1.82) is 0 Å². The number of aromatic nitrogens is 4. The number of aromatic amines is 2. The fourth-order valence-corrected chi connectivity index (χ4v) is 6.06. The molecule has 4 heterocycles. The monoisotopic (exact) mass is 758 g/mol. The number of nitrogens with zero attached hydrogens (tertiary/aromatic N) is 2. The standard InChI is InChI=1S/C13H10ClF3N2O2S.C12H7Cl2F3N2OS.CH3O.Na/c1-21-10-5-18-4-9(14)8(10)6-22-12-3-7(20)2-11(19-12)13(15,16)17;13-8-3-18-4-9(14)7(8)5-21-11-2-6(20)1-10(19-11)12(15,16)17;1-2;/h2-5H,6H2,1H3,(H,19,20);1-4H,5H2,(H,19,20);1H3;/q;;-1;+1. The van der Waals surface area contributed by atoms with Crippen LogP contribution in [0.1, 0.15) is 22.5 Å². The molecule has 4 rings (SSSR count). The predicted octanol–water partition coefficient (Wildman–Crippen LogP) is 4.11. The van der Waals surface area contributed by atoms with Crippen molar-refractivity contribution in [1.82, 2.24) is 19.9 Å². The zero-order chi connectivity index (χ0) is 33.9. The topological polar surface area (TPSA) is 124 Å². The van der Waals surface area contributed by atoms with Gasteiger partial charge in [-0.2, -0.15) is 33.5 Å². The molecule has 0 amide bonds. The maximum Gasteiger partial charge on any atom is 1.00 e. The minimum absolute atomic E-state index is 0. The van der Waals surface area contributed by atoms with Gasteiger partial charge in [0.1, 0.15) is 17.1 Å². The maximum atomic E-state index is 12.7. The molecular weight excluding hydrogens is 740 g/mol. The summed E-state index contributed by atoms with van der Waals surface area (Å²) in [6, 6.07) is 3.21. The molecule has 0 atom stereocenters. The molecule has 0 bridgehead atoms. The van der Waals surface area contributed by atoms with Gasteiger partial charge in [-0.25, -0.2) is 0 Å². The first-order chi connectivity index (χ1) is 21.1. The molecular formula is C26H20Cl3F6N4NaO4S2. The number of H-pyrrole nitrogens is 2. The Bertz CT molecular complexity index is 1690. The van der Waals surface area contributed by atoms with Crippen LogP contribution in [0.25, 0.3) is 0 Å². The molecule has 0 spiro atoms. The molecule has 4 aromatic heterocycles. The first-order valence-corrected chi connectivity index (χ1v) is 14.9. The summed E-state index contributed by atoms with van der Waals surface area (Å²) in [7, 11) is 2.19. The Morgan fingerprint density at radius 1 is 0.717 bits per heavy atom. The summed E-state index contributed by atoms with van der Waals surface area (Å²) in [5, 5.41) is 9.38. The van der Waals surface area contributed by atoms with Crippen LogP contribution < -0.4 is 50.3 Å². The molecule has 20 heteroatoms. The summed E-state index contributed by atoms with van der Waals surface area (Å²) in [5.74, 6) is 0.855. The zero-order valence-corrected chi connectivity index (χ0v) is 29.7. The van der Waals surface area contributed by atoms with Crippen molar-refractivity contribution in [3.05, 3.63) is 107 Å². The van der Waals surface area contributed by atoms with Crippen molar-refractivity contribution in [2.75, 3.05) is 14.2 Å². The van der Waals surface area contributed by atoms with E-state index in [1.54, 1.807) is 0 Å².